The largest absolute Gasteiger partial charge is 1.00 e. The molecule has 0 aliphatic rings. The van der Waals surface area contributed by atoms with Crippen LogP contribution in [0.15, 0.2) is 78.9 Å². The van der Waals surface area contributed by atoms with E-state index in [0.29, 0.717) is 6.61 Å². The van der Waals surface area contributed by atoms with Crippen LogP contribution in [0, 0.1) is 0 Å². The third kappa shape index (κ3) is 8.40. The number of hydrogen-bond acceptors (Lipinski definition) is 4. The van der Waals surface area contributed by atoms with Gasteiger partial charge in [-0.25, -0.2) is 4.57 Å². The first-order chi connectivity index (χ1) is 15.8. The van der Waals surface area contributed by atoms with Gasteiger partial charge in [0.25, 0.3) is 0 Å². The number of rotatable bonds is 10. The molecule has 6 nitrogen and oxygen atoms in total. The summed E-state index contributed by atoms with van der Waals surface area (Å²) in [5.41, 5.74) is 5.29. The Morgan fingerprint density at radius 2 is 1.38 bits per heavy atom. The number of phosphoric ester groups is 1. The van der Waals surface area contributed by atoms with Crippen molar-refractivity contribution < 1.29 is 54.6 Å². The van der Waals surface area contributed by atoms with Gasteiger partial charge in [0, 0.05) is 6.54 Å². The van der Waals surface area contributed by atoms with Crippen molar-refractivity contribution in [1.29, 1.82) is 0 Å². The first kappa shape index (κ1) is 28.3. The van der Waals surface area contributed by atoms with Crippen LogP contribution >= 0.6 is 7.82 Å². The van der Waals surface area contributed by atoms with Crippen molar-refractivity contribution in [2.75, 3.05) is 27.2 Å². The van der Waals surface area contributed by atoms with Crippen LogP contribution in [-0.2, 0) is 4.57 Å². The van der Waals surface area contributed by atoms with E-state index in [1.165, 1.54) is 5.57 Å². The minimum Gasteiger partial charge on any atom is -1.00 e. The minimum absolute atomic E-state index is 0. The maximum Gasteiger partial charge on any atom is 1.00 e. The number of allylic oxidation sites excluding steroid dienone is 1. The Morgan fingerprint density at radius 1 is 0.853 bits per heavy atom. The third-order valence-electron chi connectivity index (χ3n) is 5.10. The molecule has 3 aromatic rings. The normalized spacial score (nSPS) is 12.1. The van der Waals surface area contributed by atoms with Gasteiger partial charge in [0.2, 0.25) is 0 Å². The maximum atomic E-state index is 11.2. The molecule has 0 saturated heterocycles. The number of phosphoric acid groups is 1. The summed E-state index contributed by atoms with van der Waals surface area (Å²) in [6.45, 7) is 3.57. The van der Waals surface area contributed by atoms with Crippen molar-refractivity contribution in [1.82, 2.24) is 4.90 Å². The summed E-state index contributed by atoms with van der Waals surface area (Å²) >= 11 is 0. The molecule has 0 fully saturated rings. The topological polar surface area (TPSA) is 79.2 Å². The summed E-state index contributed by atoms with van der Waals surface area (Å²) in [7, 11) is -0.588. The summed E-state index contributed by atoms with van der Waals surface area (Å²) in [6, 6.07) is 25.0. The number of ether oxygens (including phenoxy) is 1. The van der Waals surface area contributed by atoms with Gasteiger partial charge in [0.1, 0.15) is 18.1 Å². The number of nitrogens with zero attached hydrogens (tertiary/aromatic N) is 1. The van der Waals surface area contributed by atoms with Gasteiger partial charge in [-0.1, -0.05) is 61.5 Å². The van der Waals surface area contributed by atoms with E-state index in [2.05, 4.69) is 24.0 Å². The molecule has 0 saturated carbocycles. The van der Waals surface area contributed by atoms with Crippen molar-refractivity contribution in [2.24, 2.45) is 0 Å². The van der Waals surface area contributed by atoms with Crippen LogP contribution in [0.3, 0.4) is 0 Å². The second-order valence-electron chi connectivity index (χ2n) is 7.86. The molecule has 0 aromatic heterocycles. The first-order valence-electron chi connectivity index (χ1n) is 10.8. The molecule has 0 aliphatic heterocycles. The van der Waals surface area contributed by atoms with Crippen molar-refractivity contribution in [3.8, 4) is 11.5 Å². The van der Waals surface area contributed by atoms with E-state index >= 15 is 0 Å². The van der Waals surface area contributed by atoms with Crippen LogP contribution < -0.4 is 38.8 Å². The van der Waals surface area contributed by atoms with E-state index in [1.54, 1.807) is 12.1 Å². The summed E-state index contributed by atoms with van der Waals surface area (Å²) in [4.78, 5) is 20.2. The van der Waals surface area contributed by atoms with Crippen molar-refractivity contribution in [3.05, 3.63) is 95.6 Å². The first-order valence-corrected chi connectivity index (χ1v) is 12.3. The molecular weight excluding hydrogens is 460 g/mol. The Labute approximate surface area is 225 Å². The Bertz CT molecular complexity index is 1120. The van der Waals surface area contributed by atoms with Crippen LogP contribution in [0.5, 0.6) is 11.5 Å². The van der Waals surface area contributed by atoms with Gasteiger partial charge in [0.05, 0.1) is 0 Å². The predicted molar refractivity (Wildman–Crippen MR) is 133 cm³/mol. The third-order valence-corrected chi connectivity index (χ3v) is 5.54. The monoisotopic (exact) mass is 491 g/mol. The molecular formula is C26H31NNaO5P. The summed E-state index contributed by atoms with van der Waals surface area (Å²) in [5.74, 6) is 0.928. The van der Waals surface area contributed by atoms with Gasteiger partial charge in [-0.2, -0.15) is 0 Å². The number of hydrogen-bond donors (Lipinski definition) is 2. The smallest absolute Gasteiger partial charge is 1.00 e. The zero-order valence-electron chi connectivity index (χ0n) is 21.1. The fraction of sp³-hybridized carbons (Fsp3) is 0.231. The molecule has 0 heterocycles. The van der Waals surface area contributed by atoms with Crippen LogP contribution in [0.25, 0.3) is 11.1 Å². The average Bonchev–Trinajstić information content (AvgIpc) is 2.78. The molecule has 0 unspecified atom stereocenters. The van der Waals surface area contributed by atoms with E-state index in [0.717, 1.165) is 41.0 Å². The second kappa shape index (κ2) is 13.3. The number of likely N-dealkylation sites (N-methyl/N-ethyl adjacent to an activating group) is 1. The predicted octanol–water partition coefficient (Wildman–Crippen LogP) is 2.58. The second-order valence-corrected chi connectivity index (χ2v) is 9.02. The molecule has 3 rings (SSSR count). The van der Waals surface area contributed by atoms with Crippen molar-refractivity contribution in [2.45, 2.75) is 13.3 Å². The quantitative estimate of drug-likeness (QED) is 0.258. The Balaban J connectivity index is 0.00000306. The molecule has 0 bridgehead atoms. The molecule has 2 N–H and O–H groups in total. The SMILES string of the molecule is CC/C(=C(/c1ccc(OCCN(C)C)cc1)c1ccc(OP(=O)(O)O)cc1)c1ccccc1.[H-].[Na+]. The zero-order chi connectivity index (χ0) is 23.8. The van der Waals surface area contributed by atoms with Gasteiger partial charge in [-0.15, -0.1) is 0 Å². The molecule has 0 aliphatic carbocycles. The molecule has 34 heavy (non-hydrogen) atoms. The fourth-order valence-electron chi connectivity index (χ4n) is 3.56. The standard InChI is InChI=1S/C26H30NO5P.Na.H/c1-4-25(20-8-6-5-7-9-20)26(22-12-16-24(17-13-22)32-33(28,29)30)21-10-14-23(15-11-21)31-19-18-27(2)3;;/h5-17H,4,18-19H2,1-3H3,(H2,28,29,30);;/q;+1;-1/b26-25+;;. The van der Waals surface area contributed by atoms with Crippen LogP contribution in [-0.4, -0.2) is 41.9 Å². The van der Waals surface area contributed by atoms with Crippen molar-refractivity contribution >= 4 is 19.0 Å². The molecule has 176 valence electrons. The molecule has 0 radical (unpaired) electrons. The van der Waals surface area contributed by atoms with E-state index in [1.807, 2.05) is 68.7 Å². The summed E-state index contributed by atoms with van der Waals surface area (Å²) < 4.78 is 21.7. The average molecular weight is 492 g/mol. The van der Waals surface area contributed by atoms with Crippen LogP contribution in [0.1, 0.15) is 31.5 Å². The van der Waals surface area contributed by atoms with E-state index in [-0.39, 0.29) is 36.7 Å². The Hall–Kier alpha value is -1.89. The van der Waals surface area contributed by atoms with E-state index in [9.17, 15) is 4.57 Å². The zero-order valence-corrected chi connectivity index (χ0v) is 23.0. The van der Waals surface area contributed by atoms with E-state index < -0.39 is 7.82 Å². The van der Waals surface area contributed by atoms with Crippen LogP contribution in [0.2, 0.25) is 0 Å². The molecule has 0 atom stereocenters. The van der Waals surface area contributed by atoms with Crippen LogP contribution in [0.4, 0.5) is 0 Å². The van der Waals surface area contributed by atoms with E-state index in [4.69, 9.17) is 19.0 Å². The minimum atomic E-state index is -4.61. The molecule has 0 spiro atoms. The van der Waals surface area contributed by atoms with Gasteiger partial charge in [-0.3, -0.25) is 9.79 Å². The van der Waals surface area contributed by atoms with Gasteiger partial charge >= 0.3 is 37.4 Å². The van der Waals surface area contributed by atoms with Crippen molar-refractivity contribution in [3.63, 3.8) is 0 Å². The molecule has 8 heteroatoms. The Kier molecular flexibility index (Phi) is 11.1. The number of benzene rings is 3. The summed E-state index contributed by atoms with van der Waals surface area (Å²) in [6.07, 6.45) is 0.807. The molecule has 3 aromatic carbocycles. The van der Waals surface area contributed by atoms with Gasteiger partial charge < -0.3 is 15.6 Å². The van der Waals surface area contributed by atoms with Gasteiger partial charge in [-0.05, 0) is 72.6 Å². The maximum absolute atomic E-state index is 11.2. The molecule has 0 amide bonds. The van der Waals surface area contributed by atoms with Gasteiger partial charge in [0.15, 0.2) is 0 Å². The Morgan fingerprint density at radius 3 is 1.85 bits per heavy atom. The summed E-state index contributed by atoms with van der Waals surface area (Å²) in [5, 5.41) is 0. The fourth-order valence-corrected chi connectivity index (χ4v) is 3.96.